The van der Waals surface area contributed by atoms with Crippen molar-refractivity contribution in [2.45, 2.75) is 18.1 Å². The maximum Gasteiger partial charge on any atom is 0.243 e. The molecule has 2 heterocycles. The molecular weight excluding hydrogens is 429 g/mol. The minimum atomic E-state index is -3.72. The summed E-state index contributed by atoms with van der Waals surface area (Å²) in [5.74, 6) is -0.646. The molecule has 28 heavy (non-hydrogen) atoms. The molecule has 0 amide bonds. The Labute approximate surface area is 173 Å². The smallest absolute Gasteiger partial charge is 0.243 e. The number of sulfonamides is 1. The van der Waals surface area contributed by atoms with Crippen LogP contribution in [0.15, 0.2) is 29.4 Å². The van der Waals surface area contributed by atoms with Gasteiger partial charge in [0.05, 0.1) is 23.2 Å². The van der Waals surface area contributed by atoms with Gasteiger partial charge in [0.1, 0.15) is 12.1 Å². The zero-order chi connectivity index (χ0) is 20.3. The minimum absolute atomic E-state index is 0.00791. The molecule has 0 aliphatic carbocycles. The second-order valence-electron chi connectivity index (χ2n) is 6.34. The van der Waals surface area contributed by atoms with Crippen molar-refractivity contribution in [3.8, 4) is 0 Å². The summed E-state index contributed by atoms with van der Waals surface area (Å²) in [5, 5.41) is 4.08. The van der Waals surface area contributed by atoms with E-state index in [0.717, 1.165) is 12.1 Å². The summed E-state index contributed by atoms with van der Waals surface area (Å²) in [6, 6.07) is 3.44. The first-order chi connectivity index (χ1) is 13.3. The lowest BCUT2D eigenvalue weighted by Gasteiger charge is -2.33. The molecule has 0 radical (unpaired) electrons. The van der Waals surface area contributed by atoms with Crippen LogP contribution in [0.4, 0.5) is 4.39 Å². The number of methoxy groups -OCH3 is 1. The number of nitrogens with zero attached hydrogens (tertiary/aromatic N) is 5. The van der Waals surface area contributed by atoms with Crippen molar-refractivity contribution in [3.63, 3.8) is 0 Å². The quantitative estimate of drug-likeness (QED) is 0.600. The van der Waals surface area contributed by atoms with E-state index in [1.165, 1.54) is 10.4 Å². The molecule has 0 bridgehead atoms. The lowest BCUT2D eigenvalue weighted by molar-refractivity contribution is 0.144. The van der Waals surface area contributed by atoms with Gasteiger partial charge in [0, 0.05) is 39.8 Å². The van der Waals surface area contributed by atoms with Gasteiger partial charge in [0.25, 0.3) is 0 Å². The van der Waals surface area contributed by atoms with Gasteiger partial charge in [-0.3, -0.25) is 4.90 Å². The van der Waals surface area contributed by atoms with Crippen molar-refractivity contribution < 1.29 is 17.5 Å². The van der Waals surface area contributed by atoms with E-state index in [0.29, 0.717) is 50.8 Å². The molecule has 1 saturated heterocycles. The van der Waals surface area contributed by atoms with Crippen LogP contribution < -0.4 is 0 Å². The molecule has 0 spiro atoms. The highest BCUT2D eigenvalue weighted by Crippen LogP contribution is 2.23. The Hall–Kier alpha value is -1.37. The summed E-state index contributed by atoms with van der Waals surface area (Å²) >= 11 is 11.1. The van der Waals surface area contributed by atoms with Crippen LogP contribution in [-0.2, 0) is 28.0 Å². The third-order valence-corrected chi connectivity index (χ3v) is 7.16. The summed E-state index contributed by atoms with van der Waals surface area (Å²) in [6.07, 6.45) is 1.67. The molecule has 12 heteroatoms. The number of hydrogen-bond donors (Lipinski definition) is 0. The number of aromatic nitrogens is 3. The average molecular weight is 450 g/mol. The van der Waals surface area contributed by atoms with Crippen molar-refractivity contribution in [3.05, 3.63) is 40.1 Å². The van der Waals surface area contributed by atoms with Gasteiger partial charge in [-0.05, 0) is 30.4 Å². The number of benzene rings is 1. The van der Waals surface area contributed by atoms with Crippen LogP contribution in [0.25, 0.3) is 0 Å². The predicted molar refractivity (Wildman–Crippen MR) is 105 cm³/mol. The van der Waals surface area contributed by atoms with Crippen molar-refractivity contribution in [2.75, 3.05) is 39.9 Å². The van der Waals surface area contributed by atoms with Crippen LogP contribution >= 0.6 is 23.8 Å². The first-order valence-corrected chi connectivity index (χ1v) is 10.8. The van der Waals surface area contributed by atoms with E-state index in [1.54, 1.807) is 18.1 Å². The zero-order valence-corrected chi connectivity index (χ0v) is 17.7. The number of halogens is 2. The fourth-order valence-corrected chi connectivity index (χ4v) is 4.84. The summed E-state index contributed by atoms with van der Waals surface area (Å²) < 4.78 is 49.4. The molecule has 2 aromatic rings. The lowest BCUT2D eigenvalue weighted by atomic mass is 10.3. The summed E-state index contributed by atoms with van der Waals surface area (Å²) in [4.78, 5) is 2.07. The van der Waals surface area contributed by atoms with E-state index < -0.39 is 15.8 Å². The molecule has 8 nitrogen and oxygen atoms in total. The average Bonchev–Trinajstić information content (AvgIpc) is 3.02. The maximum atomic E-state index is 13.3. The largest absolute Gasteiger partial charge is 0.383 e. The van der Waals surface area contributed by atoms with Crippen molar-refractivity contribution >= 4 is 33.8 Å². The number of piperazine rings is 1. The predicted octanol–water partition coefficient (Wildman–Crippen LogP) is 1.82. The molecular formula is C16H21ClFN5O3S2. The van der Waals surface area contributed by atoms with Crippen LogP contribution in [0, 0.1) is 10.6 Å². The Kier molecular flexibility index (Phi) is 6.84. The van der Waals surface area contributed by atoms with Gasteiger partial charge in [0.15, 0.2) is 4.77 Å². The van der Waals surface area contributed by atoms with Gasteiger partial charge in [-0.25, -0.2) is 17.5 Å². The van der Waals surface area contributed by atoms with Crippen LogP contribution in [0.3, 0.4) is 0 Å². The molecule has 1 aromatic carbocycles. The topological polar surface area (TPSA) is 72.6 Å². The van der Waals surface area contributed by atoms with Crippen molar-refractivity contribution in [1.29, 1.82) is 0 Å². The molecule has 0 saturated carbocycles. The van der Waals surface area contributed by atoms with E-state index >= 15 is 0 Å². The highest BCUT2D eigenvalue weighted by Gasteiger charge is 2.29. The molecule has 0 N–H and O–H groups in total. The molecule has 1 aliphatic rings. The van der Waals surface area contributed by atoms with E-state index in [-0.39, 0.29) is 9.92 Å². The minimum Gasteiger partial charge on any atom is -0.383 e. The second kappa shape index (κ2) is 8.97. The summed E-state index contributed by atoms with van der Waals surface area (Å²) in [7, 11) is -2.09. The monoisotopic (exact) mass is 449 g/mol. The molecule has 0 atom stereocenters. The fourth-order valence-electron chi connectivity index (χ4n) is 2.90. The first-order valence-electron chi connectivity index (χ1n) is 8.61. The third-order valence-electron chi connectivity index (χ3n) is 4.53. The number of ether oxygens (including phenoxy) is 1. The Morgan fingerprint density at radius 3 is 2.64 bits per heavy atom. The van der Waals surface area contributed by atoms with Crippen molar-refractivity contribution in [2.24, 2.45) is 0 Å². The maximum absolute atomic E-state index is 13.3. The van der Waals surface area contributed by atoms with E-state index in [4.69, 9.17) is 28.6 Å². The molecule has 3 rings (SSSR count). The Morgan fingerprint density at radius 2 is 2.00 bits per heavy atom. The first kappa shape index (κ1) is 21.3. The lowest BCUT2D eigenvalue weighted by Crippen LogP contribution is -2.48. The van der Waals surface area contributed by atoms with E-state index in [2.05, 4.69) is 10.00 Å². The summed E-state index contributed by atoms with van der Waals surface area (Å²) in [6.45, 7) is 3.34. The van der Waals surface area contributed by atoms with Gasteiger partial charge in [0.2, 0.25) is 10.0 Å². The van der Waals surface area contributed by atoms with Crippen LogP contribution in [0.5, 0.6) is 0 Å². The Morgan fingerprint density at radius 1 is 1.29 bits per heavy atom. The molecule has 1 aliphatic heterocycles. The van der Waals surface area contributed by atoms with Gasteiger partial charge in [-0.2, -0.15) is 9.40 Å². The molecule has 0 unspecified atom stereocenters. The van der Waals surface area contributed by atoms with Gasteiger partial charge in [-0.1, -0.05) is 11.6 Å². The Bertz CT molecular complexity index is 986. The molecule has 1 aromatic heterocycles. The van der Waals surface area contributed by atoms with Crippen LogP contribution in [0.1, 0.15) is 0 Å². The van der Waals surface area contributed by atoms with Gasteiger partial charge >= 0.3 is 0 Å². The van der Waals surface area contributed by atoms with E-state index in [9.17, 15) is 12.8 Å². The van der Waals surface area contributed by atoms with Gasteiger partial charge in [-0.15, -0.1) is 0 Å². The SMILES string of the molecule is COCCn1cnn(CN2CCN(S(=O)(=O)c3ccc(F)c(Cl)c3)CC2)c1=S. The molecule has 1 fully saturated rings. The zero-order valence-electron chi connectivity index (χ0n) is 15.3. The highest BCUT2D eigenvalue weighted by atomic mass is 35.5. The highest BCUT2D eigenvalue weighted by molar-refractivity contribution is 7.89. The fraction of sp³-hybridized carbons (Fsp3) is 0.500. The number of hydrogen-bond acceptors (Lipinski definition) is 6. The van der Waals surface area contributed by atoms with Crippen LogP contribution in [-0.4, -0.2) is 71.9 Å². The Balaban J connectivity index is 1.62. The van der Waals surface area contributed by atoms with Crippen LogP contribution in [0.2, 0.25) is 5.02 Å². The van der Waals surface area contributed by atoms with Crippen molar-refractivity contribution in [1.82, 2.24) is 23.6 Å². The van der Waals surface area contributed by atoms with E-state index in [1.807, 2.05) is 4.57 Å². The third kappa shape index (κ3) is 4.61. The number of rotatable bonds is 7. The second-order valence-corrected chi connectivity index (χ2v) is 9.05. The molecule has 154 valence electrons. The standard InChI is InChI=1S/C16H21ClFN5O3S2/c1-26-9-8-21-11-19-23(16(21)27)12-20-4-6-22(7-5-20)28(24,25)13-2-3-15(18)14(17)10-13/h2-3,10-11H,4-9,12H2,1H3. The summed E-state index contributed by atoms with van der Waals surface area (Å²) in [5.41, 5.74) is 0. The normalized spacial score (nSPS) is 16.5. The van der Waals surface area contributed by atoms with Gasteiger partial charge < -0.3 is 9.30 Å².